The molecule has 0 saturated heterocycles. The quantitative estimate of drug-likeness (QED) is 0.196. The van der Waals surface area contributed by atoms with Crippen molar-refractivity contribution in [1.82, 2.24) is 19.8 Å². The van der Waals surface area contributed by atoms with Crippen LogP contribution in [-0.2, 0) is 0 Å². The molecule has 0 fully saturated rings. The molecular weight excluding hydrogens is 609 g/mol. The molecule has 50 heavy (non-hydrogen) atoms. The lowest BCUT2D eigenvalue weighted by atomic mass is 9.98. The van der Waals surface area contributed by atoms with Gasteiger partial charge in [0.15, 0.2) is 0 Å². The van der Waals surface area contributed by atoms with Crippen LogP contribution >= 0.6 is 0 Å². The van der Waals surface area contributed by atoms with E-state index in [9.17, 15) is 0 Å². The van der Waals surface area contributed by atoms with Crippen LogP contribution in [0.5, 0.6) is 0 Å². The van der Waals surface area contributed by atoms with Gasteiger partial charge in [0.25, 0.3) is 0 Å². The van der Waals surface area contributed by atoms with E-state index in [0.29, 0.717) is 0 Å². The number of hydrogen-bond acceptors (Lipinski definition) is 2. The van der Waals surface area contributed by atoms with E-state index in [1.165, 1.54) is 60.3 Å². The van der Waals surface area contributed by atoms with Crippen LogP contribution in [0.15, 0.2) is 182 Å². The predicted molar refractivity (Wildman–Crippen MR) is 208 cm³/mol. The van der Waals surface area contributed by atoms with Crippen LogP contribution in [0.4, 0.5) is 0 Å². The molecule has 3 heterocycles. The topological polar surface area (TPSA) is 33.9 Å². The molecule has 9 aromatic rings. The van der Waals surface area contributed by atoms with Gasteiger partial charge in [-0.25, -0.2) is 0 Å². The normalized spacial score (nSPS) is 16.2. The number of fused-ring (bicyclic) bond motifs is 6. The highest BCUT2D eigenvalue weighted by Gasteiger charge is 2.24. The summed E-state index contributed by atoms with van der Waals surface area (Å²) in [4.78, 5) is 0. The van der Waals surface area contributed by atoms with Gasteiger partial charge in [-0.05, 0) is 71.3 Å². The zero-order chi connectivity index (χ0) is 33.0. The van der Waals surface area contributed by atoms with Gasteiger partial charge in [-0.1, -0.05) is 127 Å². The van der Waals surface area contributed by atoms with Crippen molar-refractivity contribution in [2.45, 2.75) is 12.2 Å². The van der Waals surface area contributed by atoms with E-state index in [1.54, 1.807) is 0 Å². The molecule has 0 amide bonds. The highest BCUT2D eigenvalue weighted by atomic mass is 15.2. The number of nitrogens with one attached hydrogen (secondary N) is 2. The Morgan fingerprint density at radius 3 is 1.54 bits per heavy atom. The minimum absolute atomic E-state index is 0.0543. The summed E-state index contributed by atoms with van der Waals surface area (Å²) in [6.07, 6.45) is 2.24. The van der Waals surface area contributed by atoms with Crippen LogP contribution in [0, 0.1) is 0 Å². The highest BCUT2D eigenvalue weighted by molar-refractivity contribution is 6.12. The van der Waals surface area contributed by atoms with Gasteiger partial charge in [0.05, 0.1) is 28.1 Å². The minimum Gasteiger partial charge on any atom is -0.366 e. The van der Waals surface area contributed by atoms with Crippen molar-refractivity contribution in [2.75, 3.05) is 0 Å². The third kappa shape index (κ3) is 4.65. The first-order valence-corrected chi connectivity index (χ1v) is 17.3. The number of rotatable bonds is 5. The van der Waals surface area contributed by atoms with E-state index in [4.69, 9.17) is 0 Å². The molecule has 2 atom stereocenters. The fourth-order valence-electron chi connectivity index (χ4n) is 7.86. The number of nitrogens with zero attached hydrogens (tertiary/aromatic N) is 2. The molecule has 0 saturated carbocycles. The summed E-state index contributed by atoms with van der Waals surface area (Å²) in [5.74, 6) is 0. The lowest BCUT2D eigenvalue weighted by Crippen LogP contribution is -2.39. The zero-order valence-electron chi connectivity index (χ0n) is 27.4. The second kappa shape index (κ2) is 11.7. The van der Waals surface area contributed by atoms with Gasteiger partial charge in [0, 0.05) is 38.6 Å². The molecule has 1 aliphatic rings. The van der Waals surface area contributed by atoms with Crippen molar-refractivity contribution in [3.05, 3.63) is 199 Å². The standard InChI is InChI=1S/C46H34N4/c1-3-13-31(14-4-1)40-30-41(32-15-5-2-6-16-32)48-46(47-40)33-23-25-34(26-24-33)49-44-22-12-9-19-38(44)39-29-35(27-28-45(39)49)50-42-20-10-7-17-36(42)37-18-8-11-21-43(37)50/h1-30,40,46-48H. The molecule has 0 aliphatic carbocycles. The molecule has 1 aliphatic heterocycles. The summed E-state index contributed by atoms with van der Waals surface area (Å²) in [6, 6.07) is 63.4. The third-order valence-corrected chi connectivity index (χ3v) is 10.2. The van der Waals surface area contributed by atoms with E-state index in [2.05, 4.69) is 202 Å². The Balaban J connectivity index is 1.06. The summed E-state index contributed by atoms with van der Waals surface area (Å²) in [7, 11) is 0. The van der Waals surface area contributed by atoms with Gasteiger partial charge in [-0.2, -0.15) is 0 Å². The Morgan fingerprint density at radius 2 is 0.900 bits per heavy atom. The number of hydrogen-bond donors (Lipinski definition) is 2. The van der Waals surface area contributed by atoms with E-state index in [1.807, 2.05) is 0 Å². The van der Waals surface area contributed by atoms with Crippen molar-refractivity contribution in [1.29, 1.82) is 0 Å². The maximum Gasteiger partial charge on any atom is 0.104 e. The molecule has 10 rings (SSSR count). The molecule has 2 N–H and O–H groups in total. The van der Waals surface area contributed by atoms with Crippen LogP contribution in [0.25, 0.3) is 60.7 Å². The number of para-hydroxylation sites is 3. The average Bonchev–Trinajstić information content (AvgIpc) is 3.71. The first-order valence-electron chi connectivity index (χ1n) is 17.3. The molecule has 4 nitrogen and oxygen atoms in total. The first-order chi connectivity index (χ1) is 24.8. The van der Waals surface area contributed by atoms with Gasteiger partial charge >= 0.3 is 0 Å². The van der Waals surface area contributed by atoms with E-state index >= 15 is 0 Å². The Labute approximate surface area is 290 Å². The second-order valence-corrected chi connectivity index (χ2v) is 13.1. The second-order valence-electron chi connectivity index (χ2n) is 13.1. The average molecular weight is 643 g/mol. The molecule has 7 aromatic carbocycles. The van der Waals surface area contributed by atoms with Gasteiger partial charge in [0.1, 0.15) is 6.17 Å². The third-order valence-electron chi connectivity index (χ3n) is 10.2. The molecule has 2 aromatic heterocycles. The largest absolute Gasteiger partial charge is 0.366 e. The predicted octanol–water partition coefficient (Wildman–Crippen LogP) is 10.9. The van der Waals surface area contributed by atoms with Crippen LogP contribution in [0.3, 0.4) is 0 Å². The molecular formula is C46H34N4. The van der Waals surface area contributed by atoms with Crippen molar-refractivity contribution in [2.24, 2.45) is 0 Å². The van der Waals surface area contributed by atoms with Crippen molar-refractivity contribution in [3.63, 3.8) is 0 Å². The molecule has 0 bridgehead atoms. The van der Waals surface area contributed by atoms with Crippen LogP contribution in [-0.4, -0.2) is 9.13 Å². The molecule has 238 valence electrons. The highest BCUT2D eigenvalue weighted by Crippen LogP contribution is 2.37. The Hall–Kier alpha value is -6.36. The van der Waals surface area contributed by atoms with Gasteiger partial charge in [-0.15, -0.1) is 0 Å². The summed E-state index contributed by atoms with van der Waals surface area (Å²) in [5.41, 5.74) is 11.9. The van der Waals surface area contributed by atoms with Crippen molar-refractivity contribution >= 4 is 49.3 Å². The summed E-state index contributed by atoms with van der Waals surface area (Å²) >= 11 is 0. The van der Waals surface area contributed by atoms with E-state index < -0.39 is 0 Å². The fourth-order valence-corrected chi connectivity index (χ4v) is 7.86. The van der Waals surface area contributed by atoms with Crippen molar-refractivity contribution in [3.8, 4) is 11.4 Å². The Morgan fingerprint density at radius 1 is 0.400 bits per heavy atom. The SMILES string of the molecule is C1=C(c2ccccc2)NC(c2ccc(-n3c4ccccc4c4cc(-n5c6ccccc6c6ccccc65)ccc43)cc2)NC1c1ccccc1. The van der Waals surface area contributed by atoms with Crippen LogP contribution in [0.2, 0.25) is 0 Å². The maximum atomic E-state index is 3.85. The minimum atomic E-state index is -0.0543. The Bertz CT molecular complexity index is 2650. The van der Waals surface area contributed by atoms with E-state index in [-0.39, 0.29) is 12.2 Å². The summed E-state index contributed by atoms with van der Waals surface area (Å²) in [5, 5.41) is 12.7. The van der Waals surface area contributed by atoms with E-state index in [0.717, 1.165) is 17.1 Å². The number of benzene rings is 7. The first kappa shape index (κ1) is 28.6. The Kier molecular flexibility index (Phi) is 6.68. The maximum absolute atomic E-state index is 3.85. The van der Waals surface area contributed by atoms with Crippen LogP contribution < -0.4 is 10.6 Å². The molecule has 2 unspecified atom stereocenters. The summed E-state index contributed by atoms with van der Waals surface area (Å²) in [6.45, 7) is 0. The molecule has 0 radical (unpaired) electrons. The fraction of sp³-hybridized carbons (Fsp3) is 0.0435. The lowest BCUT2D eigenvalue weighted by Gasteiger charge is -2.33. The summed E-state index contributed by atoms with van der Waals surface area (Å²) < 4.78 is 4.80. The molecule has 0 spiro atoms. The molecule has 4 heteroatoms. The van der Waals surface area contributed by atoms with Gasteiger partial charge in [-0.3, -0.25) is 5.32 Å². The number of aromatic nitrogens is 2. The lowest BCUT2D eigenvalue weighted by molar-refractivity contribution is 0.442. The van der Waals surface area contributed by atoms with Crippen LogP contribution in [0.1, 0.15) is 28.9 Å². The smallest absolute Gasteiger partial charge is 0.104 e. The van der Waals surface area contributed by atoms with Gasteiger partial charge < -0.3 is 14.5 Å². The van der Waals surface area contributed by atoms with Crippen molar-refractivity contribution < 1.29 is 0 Å². The monoisotopic (exact) mass is 642 g/mol. The van der Waals surface area contributed by atoms with Gasteiger partial charge in [0.2, 0.25) is 0 Å². The zero-order valence-corrected chi connectivity index (χ0v) is 27.4.